The average Bonchev–Trinajstić information content (AvgIpc) is 2.58. The van der Waals surface area contributed by atoms with Crippen LogP contribution in [0.5, 0.6) is 0 Å². The minimum atomic E-state index is -0.345. The molecule has 0 radical (unpaired) electrons. The first-order valence-corrected chi connectivity index (χ1v) is 6.95. The molecular formula is C17H19N3O2. The van der Waals surface area contributed by atoms with Gasteiger partial charge < -0.3 is 15.8 Å². The van der Waals surface area contributed by atoms with Crippen LogP contribution in [-0.4, -0.2) is 19.0 Å². The maximum atomic E-state index is 12.1. The molecule has 2 aromatic carbocycles. The van der Waals surface area contributed by atoms with Crippen molar-refractivity contribution >= 4 is 11.9 Å². The molecule has 0 unspecified atom stereocenters. The zero-order valence-corrected chi connectivity index (χ0v) is 12.5. The Bertz CT molecular complexity index is 654. The van der Waals surface area contributed by atoms with Crippen LogP contribution in [0.2, 0.25) is 0 Å². The Kier molecular flexibility index (Phi) is 5.54. The number of carbonyl (C=O) groups excluding carboxylic acids is 1. The number of ether oxygens (including phenoxy) is 1. The summed E-state index contributed by atoms with van der Waals surface area (Å²) in [7, 11) is 1.61. The summed E-state index contributed by atoms with van der Waals surface area (Å²) in [5, 5.41) is 2.95. The van der Waals surface area contributed by atoms with Crippen molar-refractivity contribution in [2.24, 2.45) is 10.7 Å². The van der Waals surface area contributed by atoms with E-state index in [1.807, 2.05) is 42.5 Å². The van der Waals surface area contributed by atoms with Crippen LogP contribution >= 0.6 is 0 Å². The lowest BCUT2D eigenvalue weighted by molar-refractivity contribution is 0.0472. The molecule has 0 saturated heterocycles. The van der Waals surface area contributed by atoms with E-state index in [0.29, 0.717) is 18.1 Å². The number of nitrogens with zero attached hydrogens (tertiary/aromatic N) is 1. The van der Waals surface area contributed by atoms with E-state index in [-0.39, 0.29) is 12.6 Å². The number of carbonyl (C=O) groups is 1. The zero-order valence-electron chi connectivity index (χ0n) is 12.5. The molecule has 5 nitrogen and oxygen atoms in total. The van der Waals surface area contributed by atoms with Gasteiger partial charge in [0, 0.05) is 13.6 Å². The van der Waals surface area contributed by atoms with E-state index >= 15 is 0 Å². The molecule has 0 amide bonds. The maximum Gasteiger partial charge on any atom is 0.338 e. The van der Waals surface area contributed by atoms with Crippen LogP contribution in [0.3, 0.4) is 0 Å². The largest absolute Gasteiger partial charge is 0.457 e. The van der Waals surface area contributed by atoms with Crippen LogP contribution in [-0.2, 0) is 17.9 Å². The molecule has 22 heavy (non-hydrogen) atoms. The summed E-state index contributed by atoms with van der Waals surface area (Å²) in [4.78, 5) is 15.9. The molecule has 0 aliphatic rings. The van der Waals surface area contributed by atoms with Gasteiger partial charge in [0.25, 0.3) is 0 Å². The normalized spacial score (nSPS) is 11.0. The van der Waals surface area contributed by atoms with Gasteiger partial charge in [-0.2, -0.15) is 0 Å². The van der Waals surface area contributed by atoms with Crippen LogP contribution in [0, 0.1) is 0 Å². The second-order valence-corrected chi connectivity index (χ2v) is 4.72. The lowest BCUT2D eigenvalue weighted by Gasteiger charge is -2.08. The summed E-state index contributed by atoms with van der Waals surface area (Å²) in [5.74, 6) is 0.0138. The number of nitrogens with one attached hydrogen (secondary N) is 1. The van der Waals surface area contributed by atoms with Crippen LogP contribution in [0.15, 0.2) is 59.6 Å². The van der Waals surface area contributed by atoms with Gasteiger partial charge in [-0.3, -0.25) is 4.99 Å². The molecule has 114 valence electrons. The number of esters is 1. The van der Waals surface area contributed by atoms with Crippen molar-refractivity contribution in [3.63, 3.8) is 0 Å². The van der Waals surface area contributed by atoms with Gasteiger partial charge in [0.1, 0.15) is 6.61 Å². The van der Waals surface area contributed by atoms with Crippen molar-refractivity contribution in [2.45, 2.75) is 13.2 Å². The SMILES string of the molecule is CN=C(N)NCc1cccc(C(=O)OCc2ccccc2)c1. The van der Waals surface area contributed by atoms with Gasteiger partial charge >= 0.3 is 5.97 Å². The molecule has 5 heteroatoms. The second kappa shape index (κ2) is 7.83. The fraction of sp³-hybridized carbons (Fsp3) is 0.176. The predicted molar refractivity (Wildman–Crippen MR) is 86.4 cm³/mol. The van der Waals surface area contributed by atoms with E-state index < -0.39 is 0 Å². The molecule has 2 rings (SSSR count). The highest BCUT2D eigenvalue weighted by Crippen LogP contribution is 2.09. The zero-order chi connectivity index (χ0) is 15.8. The summed E-state index contributed by atoms with van der Waals surface area (Å²) >= 11 is 0. The topological polar surface area (TPSA) is 76.7 Å². The summed E-state index contributed by atoms with van der Waals surface area (Å²) in [6, 6.07) is 16.8. The number of hydrogen-bond donors (Lipinski definition) is 2. The van der Waals surface area contributed by atoms with Crippen molar-refractivity contribution in [2.75, 3.05) is 7.05 Å². The first kappa shape index (κ1) is 15.6. The molecule has 0 bridgehead atoms. The van der Waals surface area contributed by atoms with Crippen molar-refractivity contribution in [1.29, 1.82) is 0 Å². The van der Waals surface area contributed by atoms with E-state index in [9.17, 15) is 4.79 Å². The molecule has 0 aliphatic carbocycles. The lowest BCUT2D eigenvalue weighted by atomic mass is 10.1. The Morgan fingerprint density at radius 2 is 1.86 bits per heavy atom. The quantitative estimate of drug-likeness (QED) is 0.503. The Morgan fingerprint density at radius 3 is 2.59 bits per heavy atom. The first-order valence-electron chi connectivity index (χ1n) is 6.95. The molecule has 0 spiro atoms. The van der Waals surface area contributed by atoms with Gasteiger partial charge in [0.2, 0.25) is 0 Å². The first-order chi connectivity index (χ1) is 10.7. The maximum absolute atomic E-state index is 12.1. The molecule has 2 aromatic rings. The smallest absolute Gasteiger partial charge is 0.338 e. The van der Waals surface area contributed by atoms with Crippen LogP contribution in [0.1, 0.15) is 21.5 Å². The molecule has 0 fully saturated rings. The van der Waals surface area contributed by atoms with E-state index in [0.717, 1.165) is 11.1 Å². The molecular weight excluding hydrogens is 278 g/mol. The minimum absolute atomic E-state index is 0.261. The summed E-state index contributed by atoms with van der Waals surface area (Å²) < 4.78 is 5.31. The Labute approximate surface area is 129 Å². The fourth-order valence-electron chi connectivity index (χ4n) is 1.89. The van der Waals surface area contributed by atoms with E-state index in [2.05, 4.69) is 10.3 Å². The lowest BCUT2D eigenvalue weighted by Crippen LogP contribution is -2.30. The summed E-state index contributed by atoms with van der Waals surface area (Å²) in [6.07, 6.45) is 0. The van der Waals surface area contributed by atoms with Gasteiger partial charge in [0.15, 0.2) is 5.96 Å². The van der Waals surface area contributed by atoms with Crippen molar-refractivity contribution < 1.29 is 9.53 Å². The van der Waals surface area contributed by atoms with Gasteiger partial charge in [-0.15, -0.1) is 0 Å². The molecule has 3 N–H and O–H groups in total. The third-order valence-electron chi connectivity index (χ3n) is 3.09. The highest BCUT2D eigenvalue weighted by atomic mass is 16.5. The number of aliphatic imine (C=N–C) groups is 1. The molecule has 0 heterocycles. The molecule has 0 aromatic heterocycles. The number of guanidine groups is 1. The third-order valence-corrected chi connectivity index (χ3v) is 3.09. The molecule has 0 saturated carbocycles. The monoisotopic (exact) mass is 297 g/mol. The summed E-state index contributed by atoms with van der Waals surface area (Å²) in [5.41, 5.74) is 7.98. The minimum Gasteiger partial charge on any atom is -0.457 e. The second-order valence-electron chi connectivity index (χ2n) is 4.72. The number of nitrogens with two attached hydrogens (primary N) is 1. The highest BCUT2D eigenvalue weighted by molar-refractivity contribution is 5.89. The van der Waals surface area contributed by atoms with E-state index in [1.165, 1.54) is 0 Å². The standard InChI is InChI=1S/C17H19N3O2/c1-19-17(18)20-11-14-8-5-9-15(10-14)16(21)22-12-13-6-3-2-4-7-13/h2-10H,11-12H2,1H3,(H3,18,19,20). The van der Waals surface area contributed by atoms with Crippen LogP contribution < -0.4 is 11.1 Å². The fourth-order valence-corrected chi connectivity index (χ4v) is 1.89. The van der Waals surface area contributed by atoms with E-state index in [4.69, 9.17) is 10.5 Å². The Morgan fingerprint density at radius 1 is 1.14 bits per heavy atom. The Hall–Kier alpha value is -2.82. The number of benzene rings is 2. The molecule has 0 aliphatic heterocycles. The van der Waals surface area contributed by atoms with Crippen molar-refractivity contribution in [3.05, 3.63) is 71.3 Å². The van der Waals surface area contributed by atoms with Gasteiger partial charge in [-0.1, -0.05) is 42.5 Å². The average molecular weight is 297 g/mol. The van der Waals surface area contributed by atoms with Crippen LogP contribution in [0.25, 0.3) is 0 Å². The van der Waals surface area contributed by atoms with Gasteiger partial charge in [-0.05, 0) is 23.3 Å². The Balaban J connectivity index is 1.95. The highest BCUT2D eigenvalue weighted by Gasteiger charge is 2.08. The number of rotatable bonds is 5. The summed E-state index contributed by atoms with van der Waals surface area (Å²) in [6.45, 7) is 0.764. The molecule has 0 atom stereocenters. The third kappa shape index (κ3) is 4.63. The van der Waals surface area contributed by atoms with Crippen molar-refractivity contribution in [1.82, 2.24) is 5.32 Å². The predicted octanol–water partition coefficient (Wildman–Crippen LogP) is 2.08. The van der Waals surface area contributed by atoms with Crippen LogP contribution in [0.4, 0.5) is 0 Å². The van der Waals surface area contributed by atoms with E-state index in [1.54, 1.807) is 19.2 Å². The number of hydrogen-bond acceptors (Lipinski definition) is 3. The van der Waals surface area contributed by atoms with Gasteiger partial charge in [0.05, 0.1) is 5.56 Å². The van der Waals surface area contributed by atoms with Gasteiger partial charge in [-0.25, -0.2) is 4.79 Å². The van der Waals surface area contributed by atoms with Crippen molar-refractivity contribution in [3.8, 4) is 0 Å².